The predicted molar refractivity (Wildman–Crippen MR) is 29.3 cm³/mol. The molecule has 1 unspecified atom stereocenters. The SMILES string of the molecule is CC(O)C(=O)O.[SbH3]. The number of carboxylic acid groups (broad SMARTS) is 1. The first-order valence-electron chi connectivity index (χ1n) is 1.55. The number of hydrogen-bond acceptors (Lipinski definition) is 2. The van der Waals surface area contributed by atoms with Crippen LogP contribution in [0.15, 0.2) is 0 Å². The molecule has 2 N–H and O–H groups in total. The van der Waals surface area contributed by atoms with Crippen LogP contribution in [0.1, 0.15) is 6.92 Å². The molecule has 4 heteroatoms. The maximum absolute atomic E-state index is 9.45. The van der Waals surface area contributed by atoms with Crippen LogP contribution in [0.2, 0.25) is 0 Å². The minimum absolute atomic E-state index is 0. The fourth-order valence-corrected chi connectivity index (χ4v) is 0. The van der Waals surface area contributed by atoms with Crippen molar-refractivity contribution in [2.75, 3.05) is 0 Å². The molecule has 0 amide bonds. The van der Waals surface area contributed by atoms with E-state index >= 15 is 0 Å². The van der Waals surface area contributed by atoms with Crippen molar-refractivity contribution in [1.29, 1.82) is 0 Å². The second-order valence-corrected chi connectivity index (χ2v) is 1.01. The molecule has 1 atom stereocenters. The summed E-state index contributed by atoms with van der Waals surface area (Å²) in [5.41, 5.74) is 0. The Morgan fingerprint density at radius 1 is 1.71 bits per heavy atom. The van der Waals surface area contributed by atoms with Crippen molar-refractivity contribution in [2.24, 2.45) is 0 Å². The second kappa shape index (κ2) is 4.41. The second-order valence-electron chi connectivity index (χ2n) is 1.01. The van der Waals surface area contributed by atoms with Gasteiger partial charge in [-0.3, -0.25) is 0 Å². The van der Waals surface area contributed by atoms with Gasteiger partial charge >= 0.3 is 30.4 Å². The predicted octanol–water partition coefficient (Wildman–Crippen LogP) is -1.73. The van der Waals surface area contributed by atoms with E-state index in [9.17, 15) is 4.79 Å². The molecule has 0 bridgehead atoms. The summed E-state index contributed by atoms with van der Waals surface area (Å²) in [5, 5.41) is 15.8. The van der Waals surface area contributed by atoms with Gasteiger partial charge in [0.2, 0.25) is 0 Å². The summed E-state index contributed by atoms with van der Waals surface area (Å²) in [6, 6.07) is 0. The molecule has 0 heterocycles. The van der Waals surface area contributed by atoms with Gasteiger partial charge < -0.3 is 10.2 Å². The van der Waals surface area contributed by atoms with Gasteiger partial charge in [0, 0.05) is 0 Å². The van der Waals surface area contributed by atoms with Gasteiger partial charge in [-0.1, -0.05) is 0 Å². The molecule has 0 aromatic carbocycles. The van der Waals surface area contributed by atoms with Crippen LogP contribution in [0.4, 0.5) is 0 Å². The Kier molecular flexibility index (Phi) is 6.47. The maximum atomic E-state index is 9.45. The summed E-state index contributed by atoms with van der Waals surface area (Å²) in [4.78, 5) is 9.45. The van der Waals surface area contributed by atoms with Crippen molar-refractivity contribution in [3.63, 3.8) is 0 Å². The zero-order chi connectivity index (χ0) is 5.15. The van der Waals surface area contributed by atoms with Crippen molar-refractivity contribution in [1.82, 2.24) is 0 Å². The first-order chi connectivity index (χ1) is 2.64. The number of rotatable bonds is 1. The van der Waals surface area contributed by atoms with Crippen molar-refractivity contribution in [3.05, 3.63) is 0 Å². The van der Waals surface area contributed by atoms with E-state index in [1.807, 2.05) is 0 Å². The van der Waals surface area contributed by atoms with Gasteiger partial charge in [-0.05, 0) is 6.92 Å². The summed E-state index contributed by atoms with van der Waals surface area (Å²) in [6.07, 6.45) is -1.23. The van der Waals surface area contributed by atoms with Gasteiger partial charge in [0.25, 0.3) is 0 Å². The number of carbonyl (C=O) groups is 1. The number of aliphatic hydroxyl groups is 1. The monoisotopic (exact) mass is 214 g/mol. The average Bonchev–Trinajstić information content (AvgIpc) is 1.36. The minimum atomic E-state index is -1.23. The van der Waals surface area contributed by atoms with Crippen molar-refractivity contribution >= 4 is 30.4 Å². The molecule has 0 radical (unpaired) electrons. The van der Waals surface area contributed by atoms with Crippen LogP contribution in [0.5, 0.6) is 0 Å². The summed E-state index contributed by atoms with van der Waals surface area (Å²) in [6.45, 7) is 1.20. The average molecular weight is 215 g/mol. The molecule has 0 rings (SSSR count). The topological polar surface area (TPSA) is 57.5 Å². The van der Waals surface area contributed by atoms with Gasteiger partial charge in [0.05, 0.1) is 0 Å². The molecule has 7 heavy (non-hydrogen) atoms. The number of hydrogen-bond donors (Lipinski definition) is 2. The van der Waals surface area contributed by atoms with Crippen LogP contribution >= 0.6 is 0 Å². The van der Waals surface area contributed by atoms with Crippen molar-refractivity contribution < 1.29 is 15.0 Å². The standard InChI is InChI=1S/C3H6O3.Sb.3H/c1-2(4)3(5)6;;;;/h2,4H,1H3,(H,5,6);;;;. The summed E-state index contributed by atoms with van der Waals surface area (Å²) >= 11 is 0. The molecule has 0 saturated heterocycles. The van der Waals surface area contributed by atoms with Crippen LogP contribution in [0, 0.1) is 0 Å². The summed E-state index contributed by atoms with van der Waals surface area (Å²) < 4.78 is 0. The molecule has 0 aromatic rings. The zero-order valence-electron chi connectivity index (χ0n) is 4.09. The Bertz CT molecular complexity index is 61.2. The Labute approximate surface area is 58.8 Å². The van der Waals surface area contributed by atoms with Gasteiger partial charge in [-0.25, -0.2) is 4.79 Å². The Balaban J connectivity index is 0. The van der Waals surface area contributed by atoms with Gasteiger partial charge in [-0.2, -0.15) is 0 Å². The summed E-state index contributed by atoms with van der Waals surface area (Å²) in [5.74, 6) is -1.19. The Hall–Kier alpha value is 0.248. The first-order valence-corrected chi connectivity index (χ1v) is 1.55. The van der Waals surface area contributed by atoms with Gasteiger partial charge in [-0.15, -0.1) is 0 Å². The van der Waals surface area contributed by atoms with Gasteiger partial charge in [0.15, 0.2) is 0 Å². The van der Waals surface area contributed by atoms with E-state index in [1.54, 1.807) is 0 Å². The Morgan fingerprint density at radius 2 is 1.86 bits per heavy atom. The van der Waals surface area contributed by atoms with Crippen molar-refractivity contribution in [3.8, 4) is 0 Å². The molecular weight excluding hydrogens is 206 g/mol. The van der Waals surface area contributed by atoms with Crippen molar-refractivity contribution in [2.45, 2.75) is 13.0 Å². The van der Waals surface area contributed by atoms with E-state index in [1.165, 1.54) is 6.92 Å². The fraction of sp³-hybridized carbons (Fsp3) is 0.667. The van der Waals surface area contributed by atoms with E-state index in [-0.39, 0.29) is 24.4 Å². The van der Waals surface area contributed by atoms with Crippen LogP contribution in [-0.2, 0) is 4.79 Å². The third-order valence-electron chi connectivity index (χ3n) is 0.357. The van der Waals surface area contributed by atoms with E-state index in [0.717, 1.165) is 0 Å². The molecule has 0 saturated carbocycles. The normalized spacial score (nSPS) is 11.7. The number of carboxylic acids is 1. The summed E-state index contributed by atoms with van der Waals surface area (Å²) in [7, 11) is 0. The molecule has 0 spiro atoms. The number of aliphatic carboxylic acids is 1. The molecule has 0 aliphatic rings. The molecule has 0 aromatic heterocycles. The molecule has 0 fully saturated rings. The van der Waals surface area contributed by atoms with Gasteiger partial charge in [0.1, 0.15) is 6.10 Å². The molecule has 0 aliphatic heterocycles. The molecule has 3 nitrogen and oxygen atoms in total. The first kappa shape index (κ1) is 10.3. The van der Waals surface area contributed by atoms with E-state index in [2.05, 4.69) is 0 Å². The van der Waals surface area contributed by atoms with Crippen LogP contribution in [0.3, 0.4) is 0 Å². The molecular formula is C3H9O3Sb. The third kappa shape index (κ3) is 6.25. The zero-order valence-corrected chi connectivity index (χ0v) is 8.12. The Morgan fingerprint density at radius 3 is 1.86 bits per heavy atom. The molecule has 0 aliphatic carbocycles. The number of aliphatic hydroxyl groups excluding tert-OH is 1. The van der Waals surface area contributed by atoms with E-state index in [0.29, 0.717) is 0 Å². The third-order valence-corrected chi connectivity index (χ3v) is 0.357. The van der Waals surface area contributed by atoms with Crippen LogP contribution in [-0.4, -0.2) is 46.7 Å². The van der Waals surface area contributed by atoms with E-state index < -0.39 is 12.1 Å². The van der Waals surface area contributed by atoms with Crippen LogP contribution < -0.4 is 0 Å². The van der Waals surface area contributed by atoms with E-state index in [4.69, 9.17) is 10.2 Å². The quantitative estimate of drug-likeness (QED) is 0.511. The fourth-order valence-electron chi connectivity index (χ4n) is 0. The molecule has 44 valence electrons. The van der Waals surface area contributed by atoms with Crippen LogP contribution in [0.25, 0.3) is 0 Å².